The first-order valence-corrected chi connectivity index (χ1v) is 9.33. The number of hydrogen-bond donors (Lipinski definition) is 0. The number of allylic oxidation sites excluding steroid dienone is 10. The molecule has 1 aliphatic rings. The van der Waals surface area contributed by atoms with Crippen LogP contribution in [0.4, 0.5) is 0 Å². The van der Waals surface area contributed by atoms with Crippen LogP contribution in [0.3, 0.4) is 0 Å². The Morgan fingerprint density at radius 1 is 1.00 bits per heavy atom. The highest BCUT2D eigenvalue weighted by atomic mass is 32.2. The van der Waals surface area contributed by atoms with Gasteiger partial charge in [0.2, 0.25) is 0 Å². The molecule has 0 aliphatic carbocycles. The van der Waals surface area contributed by atoms with E-state index in [-0.39, 0.29) is 0 Å². The zero-order chi connectivity index (χ0) is 17.5. The predicted molar refractivity (Wildman–Crippen MR) is 108 cm³/mol. The van der Waals surface area contributed by atoms with Gasteiger partial charge in [-0.05, 0) is 58.9 Å². The first kappa shape index (κ1) is 18.5. The van der Waals surface area contributed by atoms with Gasteiger partial charge < -0.3 is 0 Å². The molecule has 0 spiro atoms. The summed E-state index contributed by atoms with van der Waals surface area (Å²) in [6, 6.07) is 4.24. The quantitative estimate of drug-likeness (QED) is 0.409. The summed E-state index contributed by atoms with van der Waals surface area (Å²) in [6.45, 7) is 10.5. The Hall–Kier alpha value is -1.80. The summed E-state index contributed by atoms with van der Waals surface area (Å²) in [6.07, 6.45) is 15.3. The van der Waals surface area contributed by atoms with Gasteiger partial charge in [-0.1, -0.05) is 49.4 Å². The molecule has 1 aromatic rings. The van der Waals surface area contributed by atoms with E-state index in [1.54, 1.807) is 0 Å². The van der Waals surface area contributed by atoms with Crippen LogP contribution in [-0.4, -0.2) is 0 Å². The van der Waals surface area contributed by atoms with Gasteiger partial charge in [-0.3, -0.25) is 0 Å². The molecule has 1 nitrogen and oxygen atoms in total. The molecule has 0 atom stereocenters. The van der Waals surface area contributed by atoms with Crippen LogP contribution >= 0.6 is 11.8 Å². The van der Waals surface area contributed by atoms with Crippen molar-refractivity contribution in [2.24, 2.45) is 0 Å². The third kappa shape index (κ3) is 5.68. The lowest BCUT2D eigenvalue weighted by molar-refractivity contribution is 0.485. The maximum Gasteiger partial charge on any atom is 0.327 e. The lowest BCUT2D eigenvalue weighted by Crippen LogP contribution is -1.88. The first-order chi connectivity index (χ1) is 11.5. The second-order valence-electron chi connectivity index (χ2n) is 6.17. The average Bonchev–Trinajstić information content (AvgIpc) is 2.48. The second-order valence-corrected chi connectivity index (χ2v) is 7.66. The van der Waals surface area contributed by atoms with E-state index in [0.29, 0.717) is 0 Å². The van der Waals surface area contributed by atoms with Crippen molar-refractivity contribution in [3.8, 4) is 0 Å². The maximum atomic E-state index is 5.60. The van der Waals surface area contributed by atoms with Gasteiger partial charge in [0.25, 0.3) is 0 Å². The molecular formula is C22H27OS+. The molecular weight excluding hydrogens is 312 g/mol. The average molecular weight is 340 g/mol. The summed E-state index contributed by atoms with van der Waals surface area (Å²) in [4.78, 5) is 2.69. The van der Waals surface area contributed by atoms with Crippen LogP contribution in [0.2, 0.25) is 0 Å². The molecule has 0 saturated heterocycles. The molecule has 0 N–H and O–H groups in total. The van der Waals surface area contributed by atoms with E-state index in [0.717, 1.165) is 24.4 Å². The standard InChI is InChI=1S/C22H27OS/c1-6-9-21(22-12-16(2)23-17(3)13-22)11-8-7-10-20-14-18(4)24-19(5)15-20/h7-8,10-15H,6,9H2,1-5H3/q+1/b8-7+,21-11+. The van der Waals surface area contributed by atoms with Crippen molar-refractivity contribution in [3.05, 3.63) is 81.1 Å². The molecule has 24 heavy (non-hydrogen) atoms. The highest BCUT2D eigenvalue weighted by Crippen LogP contribution is 2.31. The van der Waals surface area contributed by atoms with Crippen molar-refractivity contribution in [2.45, 2.75) is 47.5 Å². The Bertz CT molecular complexity index is 705. The maximum absolute atomic E-state index is 5.60. The van der Waals surface area contributed by atoms with Gasteiger partial charge in [0.1, 0.15) is 0 Å². The minimum Gasteiger partial charge on any atom is -0.218 e. The normalized spacial score (nSPS) is 15.5. The van der Waals surface area contributed by atoms with Gasteiger partial charge in [0.05, 0.1) is 13.8 Å². The van der Waals surface area contributed by atoms with Crippen molar-refractivity contribution in [1.82, 2.24) is 0 Å². The van der Waals surface area contributed by atoms with Crippen molar-refractivity contribution >= 4 is 17.3 Å². The molecule has 2 rings (SSSR count). The van der Waals surface area contributed by atoms with Crippen LogP contribution in [0.15, 0.2) is 68.4 Å². The van der Waals surface area contributed by atoms with Gasteiger partial charge >= 0.3 is 11.5 Å². The zero-order valence-electron chi connectivity index (χ0n) is 15.3. The summed E-state index contributed by atoms with van der Waals surface area (Å²) < 4.78 is 5.60. The topological polar surface area (TPSA) is 11.3 Å². The molecule has 0 amide bonds. The fraction of sp³-hybridized carbons (Fsp3) is 0.318. The Kier molecular flexibility index (Phi) is 6.86. The molecule has 2 heteroatoms. The van der Waals surface area contributed by atoms with Crippen LogP contribution in [0.25, 0.3) is 5.57 Å². The van der Waals surface area contributed by atoms with Gasteiger partial charge in [-0.15, -0.1) is 0 Å². The second kappa shape index (κ2) is 8.89. The summed E-state index contributed by atoms with van der Waals surface area (Å²) in [7, 11) is 0. The van der Waals surface area contributed by atoms with Crippen LogP contribution < -0.4 is 0 Å². The van der Waals surface area contributed by atoms with E-state index in [1.165, 1.54) is 26.5 Å². The summed E-state index contributed by atoms with van der Waals surface area (Å²) in [5.41, 5.74) is 3.87. The Morgan fingerprint density at radius 2 is 1.62 bits per heavy atom. The molecule has 0 aromatic carbocycles. The number of thioether (sulfide) groups is 1. The monoisotopic (exact) mass is 339 g/mol. The van der Waals surface area contributed by atoms with Crippen LogP contribution in [-0.2, 0) is 0 Å². The molecule has 0 radical (unpaired) electrons. The van der Waals surface area contributed by atoms with Crippen LogP contribution in [0.5, 0.6) is 0 Å². The fourth-order valence-electron chi connectivity index (χ4n) is 2.83. The Labute approximate surface area is 150 Å². The lowest BCUT2D eigenvalue weighted by atomic mass is 10.0. The Morgan fingerprint density at radius 3 is 2.21 bits per heavy atom. The van der Waals surface area contributed by atoms with Crippen LogP contribution in [0.1, 0.15) is 50.7 Å². The van der Waals surface area contributed by atoms with E-state index in [1.807, 2.05) is 25.6 Å². The minimum absolute atomic E-state index is 0.957. The number of aryl methyl sites for hydroxylation is 2. The summed E-state index contributed by atoms with van der Waals surface area (Å²) in [5.74, 6) is 1.91. The van der Waals surface area contributed by atoms with E-state index >= 15 is 0 Å². The highest BCUT2D eigenvalue weighted by molar-refractivity contribution is 8.06. The third-order valence-corrected chi connectivity index (χ3v) is 4.57. The first-order valence-electron chi connectivity index (χ1n) is 8.51. The predicted octanol–water partition coefficient (Wildman–Crippen LogP) is 7.40. The molecule has 2 heterocycles. The fourth-order valence-corrected chi connectivity index (χ4v) is 3.73. The molecule has 126 valence electrons. The zero-order valence-corrected chi connectivity index (χ0v) is 16.2. The van der Waals surface area contributed by atoms with Crippen LogP contribution in [0, 0.1) is 13.8 Å². The number of hydrogen-bond acceptors (Lipinski definition) is 1. The molecule has 0 fully saturated rings. The van der Waals surface area contributed by atoms with E-state index < -0.39 is 0 Å². The molecule has 0 unspecified atom stereocenters. The van der Waals surface area contributed by atoms with E-state index in [9.17, 15) is 0 Å². The van der Waals surface area contributed by atoms with Crippen molar-refractivity contribution in [3.63, 3.8) is 0 Å². The van der Waals surface area contributed by atoms with Gasteiger partial charge in [-0.2, -0.15) is 0 Å². The highest BCUT2D eigenvalue weighted by Gasteiger charge is 2.10. The SMILES string of the molecule is CCC/C(=C\C=C\C=C1C=C(C)SC(C)=C1)c1cc(C)[o+]c(C)c1. The molecule has 1 aromatic heterocycles. The molecule has 1 aliphatic heterocycles. The van der Waals surface area contributed by atoms with E-state index in [2.05, 4.69) is 69.4 Å². The smallest absolute Gasteiger partial charge is 0.218 e. The Balaban J connectivity index is 2.21. The lowest BCUT2D eigenvalue weighted by Gasteiger charge is -2.08. The van der Waals surface area contributed by atoms with Gasteiger partial charge in [0.15, 0.2) is 0 Å². The third-order valence-electron chi connectivity index (χ3n) is 3.69. The van der Waals surface area contributed by atoms with E-state index in [4.69, 9.17) is 4.42 Å². The largest absolute Gasteiger partial charge is 0.327 e. The minimum atomic E-state index is 0.957. The molecule has 0 bridgehead atoms. The van der Waals surface area contributed by atoms with Crippen molar-refractivity contribution < 1.29 is 4.42 Å². The molecule has 0 saturated carbocycles. The van der Waals surface area contributed by atoms with Crippen molar-refractivity contribution in [2.75, 3.05) is 0 Å². The van der Waals surface area contributed by atoms with Crippen molar-refractivity contribution in [1.29, 1.82) is 0 Å². The summed E-state index contributed by atoms with van der Waals surface area (Å²) >= 11 is 1.83. The van der Waals surface area contributed by atoms with Gasteiger partial charge in [0, 0.05) is 12.1 Å². The number of rotatable bonds is 5. The summed E-state index contributed by atoms with van der Waals surface area (Å²) in [5, 5.41) is 0. The van der Waals surface area contributed by atoms with Gasteiger partial charge in [-0.25, -0.2) is 4.42 Å².